The molecule has 0 saturated heterocycles. The first kappa shape index (κ1) is 15.9. The Morgan fingerprint density at radius 2 is 2.19 bits per heavy atom. The van der Waals surface area contributed by atoms with Gasteiger partial charge < -0.3 is 5.73 Å². The van der Waals surface area contributed by atoms with Gasteiger partial charge in [0.15, 0.2) is 5.13 Å². The van der Waals surface area contributed by atoms with E-state index in [1.807, 2.05) is 0 Å². The number of aromatic nitrogens is 1. The minimum Gasteiger partial charge on any atom is -0.327 e. The lowest BCUT2D eigenvalue weighted by molar-refractivity contribution is 0.102. The molecular weight excluding hydrogens is 313 g/mol. The van der Waals surface area contributed by atoms with Gasteiger partial charge in [-0.15, -0.1) is 23.7 Å². The molecular formula is C14H15ClFN3OS. The number of carbonyl (C=O) groups excluding carboxylic acids is 1. The molecule has 7 heteroatoms. The van der Waals surface area contributed by atoms with E-state index in [4.69, 9.17) is 5.73 Å². The number of nitrogens with zero attached hydrogens (tertiary/aromatic N) is 1. The fourth-order valence-electron chi connectivity index (χ4n) is 2.26. The lowest BCUT2D eigenvalue weighted by Gasteiger charge is -2.15. The van der Waals surface area contributed by atoms with Crippen LogP contribution in [0.25, 0.3) is 0 Å². The van der Waals surface area contributed by atoms with E-state index in [9.17, 15) is 9.18 Å². The van der Waals surface area contributed by atoms with E-state index in [-0.39, 0.29) is 24.0 Å². The first-order valence-corrected chi connectivity index (χ1v) is 7.25. The topological polar surface area (TPSA) is 68.0 Å². The van der Waals surface area contributed by atoms with E-state index >= 15 is 0 Å². The summed E-state index contributed by atoms with van der Waals surface area (Å²) in [6.07, 6.45) is 2.54. The molecule has 4 nitrogen and oxygen atoms in total. The van der Waals surface area contributed by atoms with Gasteiger partial charge in [0.25, 0.3) is 5.91 Å². The molecule has 0 unspecified atom stereocenters. The number of aryl methyl sites for hydroxylation is 1. The van der Waals surface area contributed by atoms with Crippen LogP contribution in [-0.2, 0) is 12.8 Å². The lowest BCUT2D eigenvalue weighted by atomic mass is 9.99. The Morgan fingerprint density at radius 1 is 1.43 bits per heavy atom. The third-order valence-corrected chi connectivity index (χ3v) is 4.35. The largest absolute Gasteiger partial charge is 0.327 e. The Morgan fingerprint density at radius 3 is 2.95 bits per heavy atom. The minimum absolute atomic E-state index is 0. The summed E-state index contributed by atoms with van der Waals surface area (Å²) in [7, 11) is 0. The molecule has 0 fully saturated rings. The number of hydrogen-bond acceptors (Lipinski definition) is 4. The molecule has 1 aliphatic carbocycles. The second kappa shape index (κ2) is 6.51. The predicted molar refractivity (Wildman–Crippen MR) is 83.7 cm³/mol. The van der Waals surface area contributed by atoms with Crippen molar-refractivity contribution in [1.29, 1.82) is 0 Å². The SMILES string of the molecule is Cl.N[C@H]1CCc2nc(NC(=O)c3ccccc3F)sc2C1. The highest BCUT2D eigenvalue weighted by Gasteiger charge is 2.21. The maximum atomic E-state index is 13.5. The van der Waals surface area contributed by atoms with Gasteiger partial charge in [-0.1, -0.05) is 12.1 Å². The van der Waals surface area contributed by atoms with Gasteiger partial charge in [-0.3, -0.25) is 10.1 Å². The molecule has 0 aliphatic heterocycles. The summed E-state index contributed by atoms with van der Waals surface area (Å²) in [5.74, 6) is -1.01. The van der Waals surface area contributed by atoms with Gasteiger partial charge in [0.1, 0.15) is 5.82 Å². The number of carbonyl (C=O) groups is 1. The van der Waals surface area contributed by atoms with Crippen LogP contribution in [0.15, 0.2) is 24.3 Å². The number of hydrogen-bond donors (Lipinski definition) is 2. The zero-order valence-corrected chi connectivity index (χ0v) is 12.8. The van der Waals surface area contributed by atoms with Crippen LogP contribution >= 0.6 is 23.7 Å². The zero-order valence-electron chi connectivity index (χ0n) is 11.1. The van der Waals surface area contributed by atoms with Crippen LogP contribution in [0, 0.1) is 5.82 Å². The number of amides is 1. The summed E-state index contributed by atoms with van der Waals surface area (Å²) in [6.45, 7) is 0. The summed E-state index contributed by atoms with van der Waals surface area (Å²) < 4.78 is 13.5. The van der Waals surface area contributed by atoms with Crippen molar-refractivity contribution in [2.75, 3.05) is 5.32 Å². The van der Waals surface area contributed by atoms with Crippen LogP contribution in [-0.4, -0.2) is 16.9 Å². The van der Waals surface area contributed by atoms with Crippen LogP contribution in [0.5, 0.6) is 0 Å². The normalized spacial score (nSPS) is 16.8. The third-order valence-electron chi connectivity index (χ3n) is 3.32. The van der Waals surface area contributed by atoms with Crippen molar-refractivity contribution in [2.24, 2.45) is 5.73 Å². The quantitative estimate of drug-likeness (QED) is 0.891. The molecule has 1 atom stereocenters. The zero-order chi connectivity index (χ0) is 14.1. The maximum Gasteiger partial charge on any atom is 0.260 e. The smallest absolute Gasteiger partial charge is 0.260 e. The van der Waals surface area contributed by atoms with Crippen molar-refractivity contribution in [3.05, 3.63) is 46.2 Å². The lowest BCUT2D eigenvalue weighted by Crippen LogP contribution is -2.27. The first-order chi connectivity index (χ1) is 9.63. The van der Waals surface area contributed by atoms with Gasteiger partial charge in [-0.2, -0.15) is 0 Å². The average Bonchev–Trinajstić information content (AvgIpc) is 2.80. The van der Waals surface area contributed by atoms with E-state index < -0.39 is 11.7 Å². The number of benzene rings is 1. The molecule has 1 aromatic heterocycles. The van der Waals surface area contributed by atoms with Crippen LogP contribution < -0.4 is 11.1 Å². The number of fused-ring (bicyclic) bond motifs is 1. The van der Waals surface area contributed by atoms with E-state index in [2.05, 4.69) is 10.3 Å². The Hall–Kier alpha value is -1.50. The fraction of sp³-hybridized carbons (Fsp3) is 0.286. The molecule has 2 aromatic rings. The summed E-state index contributed by atoms with van der Waals surface area (Å²) >= 11 is 1.42. The fourth-order valence-corrected chi connectivity index (χ4v) is 3.36. The number of nitrogens with one attached hydrogen (secondary N) is 1. The molecule has 1 aliphatic rings. The van der Waals surface area contributed by atoms with Crippen LogP contribution in [0.3, 0.4) is 0 Å². The van der Waals surface area contributed by atoms with Crippen molar-refractivity contribution in [3.8, 4) is 0 Å². The number of anilines is 1. The Balaban J connectivity index is 0.00000161. The molecule has 3 N–H and O–H groups in total. The number of rotatable bonds is 2. The molecule has 0 bridgehead atoms. The first-order valence-electron chi connectivity index (χ1n) is 6.43. The highest BCUT2D eigenvalue weighted by atomic mass is 35.5. The van der Waals surface area contributed by atoms with Gasteiger partial charge in [0.2, 0.25) is 0 Å². The number of thiazole rings is 1. The Bertz CT molecular complexity index is 661. The van der Waals surface area contributed by atoms with Gasteiger partial charge in [0, 0.05) is 10.9 Å². The van der Waals surface area contributed by atoms with Crippen molar-refractivity contribution in [2.45, 2.75) is 25.3 Å². The molecule has 112 valence electrons. The van der Waals surface area contributed by atoms with E-state index in [0.717, 1.165) is 29.8 Å². The minimum atomic E-state index is -0.534. The van der Waals surface area contributed by atoms with Crippen molar-refractivity contribution in [3.63, 3.8) is 0 Å². The van der Waals surface area contributed by atoms with E-state index in [1.54, 1.807) is 12.1 Å². The maximum absolute atomic E-state index is 13.5. The van der Waals surface area contributed by atoms with Gasteiger partial charge >= 0.3 is 0 Å². The van der Waals surface area contributed by atoms with Crippen molar-refractivity contribution >= 4 is 34.8 Å². The molecule has 1 heterocycles. The van der Waals surface area contributed by atoms with E-state index in [0.29, 0.717) is 5.13 Å². The monoisotopic (exact) mass is 327 g/mol. The molecule has 1 amide bonds. The third kappa shape index (κ3) is 3.40. The molecule has 0 saturated carbocycles. The average molecular weight is 328 g/mol. The van der Waals surface area contributed by atoms with E-state index in [1.165, 1.54) is 23.5 Å². The highest BCUT2D eigenvalue weighted by molar-refractivity contribution is 7.15. The summed E-state index contributed by atoms with van der Waals surface area (Å²) in [6, 6.07) is 6.06. The number of halogens is 2. The molecule has 21 heavy (non-hydrogen) atoms. The molecule has 0 spiro atoms. The van der Waals surface area contributed by atoms with Gasteiger partial charge in [-0.25, -0.2) is 9.37 Å². The number of nitrogens with two attached hydrogens (primary N) is 1. The van der Waals surface area contributed by atoms with Gasteiger partial charge in [-0.05, 0) is 31.4 Å². The van der Waals surface area contributed by atoms with Crippen molar-refractivity contribution in [1.82, 2.24) is 4.98 Å². The molecule has 3 rings (SSSR count). The highest BCUT2D eigenvalue weighted by Crippen LogP contribution is 2.29. The standard InChI is InChI=1S/C14H14FN3OS.ClH/c15-10-4-2-1-3-9(10)13(19)18-14-17-11-6-5-8(16)7-12(11)20-14;/h1-4,8H,5-7,16H2,(H,17,18,19);1H/t8-;/m0./s1. The predicted octanol–water partition coefficient (Wildman–Crippen LogP) is 2.77. The van der Waals surface area contributed by atoms with Crippen LogP contribution in [0.2, 0.25) is 0 Å². The van der Waals surface area contributed by atoms with Crippen LogP contribution in [0.1, 0.15) is 27.3 Å². The van der Waals surface area contributed by atoms with Crippen molar-refractivity contribution < 1.29 is 9.18 Å². The Labute approximate surface area is 132 Å². The molecule has 1 aromatic carbocycles. The van der Waals surface area contributed by atoms with Crippen LogP contribution in [0.4, 0.5) is 9.52 Å². The Kier molecular flexibility index (Phi) is 4.92. The summed E-state index contributed by atoms with van der Waals surface area (Å²) in [5.41, 5.74) is 6.94. The second-order valence-corrected chi connectivity index (χ2v) is 5.91. The second-order valence-electron chi connectivity index (χ2n) is 4.83. The summed E-state index contributed by atoms with van der Waals surface area (Å²) in [5, 5.41) is 3.17. The summed E-state index contributed by atoms with van der Waals surface area (Å²) in [4.78, 5) is 17.5. The molecule has 0 radical (unpaired) electrons. The van der Waals surface area contributed by atoms with Gasteiger partial charge in [0.05, 0.1) is 11.3 Å².